The van der Waals surface area contributed by atoms with Gasteiger partial charge in [0.1, 0.15) is 28.8 Å². The molecule has 0 radical (unpaired) electrons. The zero-order valence-electron chi connectivity index (χ0n) is 23.8. The predicted octanol–water partition coefficient (Wildman–Crippen LogP) is 7.05. The normalized spacial score (nSPS) is 11.4. The van der Waals surface area contributed by atoms with E-state index < -0.39 is 22.9 Å². The number of carbonyl (C=O) groups excluding carboxylic acids is 1. The molecule has 0 unspecified atom stereocenters. The highest BCUT2D eigenvalue weighted by Gasteiger charge is 2.36. The Morgan fingerprint density at radius 2 is 1.67 bits per heavy atom. The van der Waals surface area contributed by atoms with Crippen LogP contribution < -0.4 is 10.3 Å². The van der Waals surface area contributed by atoms with E-state index in [-0.39, 0.29) is 18.1 Å². The van der Waals surface area contributed by atoms with Crippen molar-refractivity contribution in [3.8, 4) is 28.8 Å². The Morgan fingerprint density at radius 1 is 0.977 bits per heavy atom. The van der Waals surface area contributed by atoms with Crippen molar-refractivity contribution in [1.29, 1.82) is 5.26 Å². The Hall–Kier alpha value is -5.30. The highest BCUT2D eigenvalue weighted by Crippen LogP contribution is 2.35. The molecule has 0 aliphatic heterocycles. The minimum Gasteiger partial charge on any atom is -0.457 e. The monoisotopic (exact) mass is 584 g/mol. The quantitative estimate of drug-likeness (QED) is 0.232. The number of ether oxygens (including phenoxy) is 1. The fourth-order valence-corrected chi connectivity index (χ4v) is 4.93. The van der Waals surface area contributed by atoms with E-state index in [9.17, 15) is 28.0 Å². The Kier molecular flexibility index (Phi) is 7.59. The zero-order valence-corrected chi connectivity index (χ0v) is 23.8. The van der Waals surface area contributed by atoms with Crippen LogP contribution >= 0.6 is 0 Å². The molecule has 0 aliphatic carbocycles. The van der Waals surface area contributed by atoms with Crippen LogP contribution in [0.15, 0.2) is 77.6 Å². The molecular weight excluding hydrogens is 557 g/mol. The highest BCUT2D eigenvalue weighted by atomic mass is 19.4. The molecular formula is C33H27F3N4O3. The van der Waals surface area contributed by atoms with Crippen molar-refractivity contribution in [2.75, 3.05) is 14.1 Å². The van der Waals surface area contributed by atoms with Gasteiger partial charge in [0.2, 0.25) is 0 Å². The van der Waals surface area contributed by atoms with E-state index in [2.05, 4.69) is 4.98 Å². The maximum absolute atomic E-state index is 13.9. The van der Waals surface area contributed by atoms with Crippen molar-refractivity contribution >= 4 is 16.8 Å². The molecule has 218 valence electrons. The maximum Gasteiger partial charge on any atom is 0.417 e. The number of benzene rings is 3. The smallest absolute Gasteiger partial charge is 0.417 e. The van der Waals surface area contributed by atoms with Gasteiger partial charge in [-0.1, -0.05) is 23.8 Å². The second kappa shape index (κ2) is 11.2. The van der Waals surface area contributed by atoms with E-state index in [0.717, 1.165) is 33.7 Å². The molecule has 0 saturated heterocycles. The number of aryl methyl sites for hydroxylation is 2. The molecule has 0 aliphatic rings. The van der Waals surface area contributed by atoms with Gasteiger partial charge in [-0.2, -0.15) is 18.4 Å². The summed E-state index contributed by atoms with van der Waals surface area (Å²) in [5.74, 6) is 0.741. The summed E-state index contributed by atoms with van der Waals surface area (Å²) in [5.41, 5.74) is 0.950. The number of H-pyrrole nitrogens is 1. The first-order valence-electron chi connectivity index (χ1n) is 13.3. The molecule has 2 heterocycles. The number of hydrogen-bond acceptors (Lipinski definition) is 4. The molecule has 3 aromatic carbocycles. The van der Waals surface area contributed by atoms with Gasteiger partial charge in [0.15, 0.2) is 0 Å². The van der Waals surface area contributed by atoms with Crippen LogP contribution in [0.3, 0.4) is 0 Å². The number of nitrogens with zero attached hydrogens (tertiary/aromatic N) is 3. The summed E-state index contributed by atoms with van der Waals surface area (Å²) in [5, 5.41) is 10.3. The molecule has 10 heteroatoms. The summed E-state index contributed by atoms with van der Waals surface area (Å²) in [4.78, 5) is 30.2. The number of pyridine rings is 1. The van der Waals surface area contributed by atoms with Gasteiger partial charge < -0.3 is 19.2 Å². The highest BCUT2D eigenvalue weighted by molar-refractivity contribution is 5.98. The first-order chi connectivity index (χ1) is 20.3. The predicted molar refractivity (Wildman–Crippen MR) is 157 cm³/mol. The topological polar surface area (TPSA) is 91.1 Å². The number of hydrogen-bond donors (Lipinski definition) is 1. The number of aromatic nitrogens is 2. The van der Waals surface area contributed by atoms with Crippen LogP contribution in [0.4, 0.5) is 13.2 Å². The van der Waals surface area contributed by atoms with E-state index in [4.69, 9.17) is 4.74 Å². The number of aromatic amines is 1. The number of alkyl halides is 3. The largest absolute Gasteiger partial charge is 0.457 e. The molecule has 1 amide bonds. The summed E-state index contributed by atoms with van der Waals surface area (Å²) < 4.78 is 49.0. The number of rotatable bonds is 6. The van der Waals surface area contributed by atoms with Gasteiger partial charge in [0.05, 0.1) is 17.8 Å². The van der Waals surface area contributed by atoms with E-state index in [1.807, 2.05) is 32.0 Å². The van der Waals surface area contributed by atoms with Gasteiger partial charge >= 0.3 is 6.18 Å². The number of amides is 1. The minimum atomic E-state index is -4.89. The summed E-state index contributed by atoms with van der Waals surface area (Å²) in [6.45, 7) is 3.77. The van der Waals surface area contributed by atoms with Crippen LogP contribution in [0.1, 0.15) is 38.3 Å². The lowest BCUT2D eigenvalue weighted by Gasteiger charge is -2.19. The van der Waals surface area contributed by atoms with Crippen LogP contribution in [-0.4, -0.2) is 34.5 Å². The molecule has 43 heavy (non-hydrogen) atoms. The van der Waals surface area contributed by atoms with Crippen LogP contribution in [0, 0.1) is 25.2 Å². The molecule has 5 rings (SSSR count). The van der Waals surface area contributed by atoms with Crippen molar-refractivity contribution in [3.63, 3.8) is 0 Å². The van der Waals surface area contributed by atoms with E-state index in [1.54, 1.807) is 62.6 Å². The molecule has 5 aromatic rings. The zero-order chi connectivity index (χ0) is 31.1. The van der Waals surface area contributed by atoms with Crippen molar-refractivity contribution in [2.24, 2.45) is 0 Å². The molecule has 1 N–H and O–H groups in total. The molecule has 0 bridgehead atoms. The second-order valence-electron chi connectivity index (χ2n) is 10.5. The van der Waals surface area contributed by atoms with Gasteiger partial charge in [-0.3, -0.25) is 9.59 Å². The molecule has 2 aromatic heterocycles. The summed E-state index contributed by atoms with van der Waals surface area (Å²) in [7, 11) is 3.33. The minimum absolute atomic E-state index is 0.0136. The molecule has 0 spiro atoms. The molecule has 0 fully saturated rings. The number of nitriles is 1. The van der Waals surface area contributed by atoms with Gasteiger partial charge in [0, 0.05) is 25.0 Å². The van der Waals surface area contributed by atoms with Crippen molar-refractivity contribution in [2.45, 2.75) is 26.6 Å². The Bertz CT molecular complexity index is 1960. The summed E-state index contributed by atoms with van der Waals surface area (Å²) >= 11 is 0. The standard InChI is InChI=1S/C33H27F3N4O3/c1-19-5-6-22(20(2)13-19)18-40-30(16-27(33(34,35)36)26(17-37)31(40)41)21-7-9-24(10-8-21)43-25-11-12-28-23(14-25)15-29(38-28)32(42)39(3)4/h5-16,38H,18H2,1-4H3. The fraction of sp³-hybridized carbons (Fsp3) is 0.182. The maximum atomic E-state index is 13.9. The lowest BCUT2D eigenvalue weighted by molar-refractivity contribution is -0.137. The Balaban J connectivity index is 1.52. The first kappa shape index (κ1) is 29.2. The summed E-state index contributed by atoms with van der Waals surface area (Å²) in [6, 6.07) is 21.3. The number of halogens is 3. The van der Waals surface area contributed by atoms with Crippen LogP contribution in [0.2, 0.25) is 0 Å². The van der Waals surface area contributed by atoms with Gasteiger partial charge in [-0.15, -0.1) is 0 Å². The SMILES string of the molecule is Cc1ccc(Cn2c(-c3ccc(Oc4ccc5[nH]c(C(=O)N(C)C)cc5c4)cc3)cc(C(F)(F)F)c(C#N)c2=O)c(C)c1. The Morgan fingerprint density at radius 3 is 2.30 bits per heavy atom. The number of fused-ring (bicyclic) bond motifs is 1. The molecule has 0 atom stereocenters. The van der Waals surface area contributed by atoms with Gasteiger partial charge in [-0.25, -0.2) is 0 Å². The lowest BCUT2D eigenvalue weighted by Crippen LogP contribution is -2.29. The molecule has 7 nitrogen and oxygen atoms in total. The average molecular weight is 585 g/mol. The number of carbonyl (C=O) groups is 1. The van der Waals surface area contributed by atoms with Crippen molar-refractivity contribution < 1.29 is 22.7 Å². The van der Waals surface area contributed by atoms with Crippen LogP contribution in [0.25, 0.3) is 22.2 Å². The third-order valence-electron chi connectivity index (χ3n) is 7.16. The first-order valence-corrected chi connectivity index (χ1v) is 13.3. The second-order valence-corrected chi connectivity index (χ2v) is 10.5. The van der Waals surface area contributed by atoms with E-state index in [1.165, 1.54) is 15.5 Å². The molecule has 0 saturated carbocycles. The van der Waals surface area contributed by atoms with E-state index >= 15 is 0 Å². The Labute approximate surface area is 245 Å². The van der Waals surface area contributed by atoms with Crippen molar-refractivity contribution in [3.05, 3.63) is 117 Å². The number of nitrogens with one attached hydrogen (secondary N) is 1. The third kappa shape index (κ3) is 5.88. The third-order valence-corrected chi connectivity index (χ3v) is 7.16. The fourth-order valence-electron chi connectivity index (χ4n) is 4.93. The van der Waals surface area contributed by atoms with Crippen molar-refractivity contribution in [1.82, 2.24) is 14.5 Å². The average Bonchev–Trinajstić information content (AvgIpc) is 3.38. The summed E-state index contributed by atoms with van der Waals surface area (Å²) in [6.07, 6.45) is -4.89. The van der Waals surface area contributed by atoms with Crippen LogP contribution in [-0.2, 0) is 12.7 Å². The van der Waals surface area contributed by atoms with Crippen LogP contribution in [0.5, 0.6) is 11.5 Å². The van der Waals surface area contributed by atoms with Gasteiger partial charge in [0.25, 0.3) is 11.5 Å². The van der Waals surface area contributed by atoms with Gasteiger partial charge in [-0.05, 0) is 85.1 Å². The lowest BCUT2D eigenvalue weighted by atomic mass is 10.0. The van der Waals surface area contributed by atoms with E-state index in [0.29, 0.717) is 22.8 Å².